The normalized spacial score (nSPS) is 11.3. The maximum absolute atomic E-state index is 6.45. The van der Waals surface area contributed by atoms with Gasteiger partial charge in [0.05, 0.1) is 5.69 Å². The zero-order valence-electron chi connectivity index (χ0n) is 36.7. The minimum Gasteiger partial charge on any atom is -0.456 e. The number of benzene rings is 11. The summed E-state index contributed by atoms with van der Waals surface area (Å²) in [4.78, 5) is 4.66. The Morgan fingerprint density at radius 3 is 1.19 bits per heavy atom. The molecule has 316 valence electrons. The molecule has 0 N–H and O–H groups in total. The van der Waals surface area contributed by atoms with E-state index in [1.54, 1.807) is 0 Å². The molecule has 0 fully saturated rings. The van der Waals surface area contributed by atoms with E-state index in [0.29, 0.717) is 0 Å². The monoisotopic (exact) mass is 856 g/mol. The van der Waals surface area contributed by atoms with E-state index >= 15 is 0 Å². The summed E-state index contributed by atoms with van der Waals surface area (Å²) in [7, 11) is 0. The van der Waals surface area contributed by atoms with Gasteiger partial charge >= 0.3 is 0 Å². The Labute approximate surface area is 390 Å². The third-order valence-corrected chi connectivity index (χ3v) is 12.9. The van der Waals surface area contributed by atoms with Crippen molar-refractivity contribution in [2.45, 2.75) is 0 Å². The van der Waals surface area contributed by atoms with Gasteiger partial charge in [-0.15, -0.1) is 0 Å². The highest BCUT2D eigenvalue weighted by atomic mass is 16.3. The largest absolute Gasteiger partial charge is 0.456 e. The van der Waals surface area contributed by atoms with Gasteiger partial charge in [0.25, 0.3) is 0 Å². The van der Waals surface area contributed by atoms with Crippen LogP contribution in [0.3, 0.4) is 0 Å². The van der Waals surface area contributed by atoms with Gasteiger partial charge in [0, 0.05) is 50.8 Å². The first kappa shape index (κ1) is 39.7. The Kier molecular flexibility index (Phi) is 10.2. The maximum atomic E-state index is 6.45. The maximum Gasteiger partial charge on any atom is 0.137 e. The summed E-state index contributed by atoms with van der Waals surface area (Å²) in [6, 6.07) is 95.4. The quantitative estimate of drug-likeness (QED) is 0.137. The molecule has 0 saturated carbocycles. The molecule has 0 aliphatic heterocycles. The van der Waals surface area contributed by atoms with Crippen LogP contribution in [-0.4, -0.2) is 0 Å². The van der Waals surface area contributed by atoms with Crippen LogP contribution in [0.15, 0.2) is 271 Å². The van der Waals surface area contributed by atoms with E-state index in [-0.39, 0.29) is 0 Å². The molecule has 11 aromatic carbocycles. The second-order valence-electron chi connectivity index (χ2n) is 16.9. The number of anilines is 6. The van der Waals surface area contributed by atoms with Crippen molar-refractivity contribution in [3.8, 4) is 44.5 Å². The van der Waals surface area contributed by atoms with Crippen LogP contribution < -0.4 is 9.80 Å². The van der Waals surface area contributed by atoms with Crippen LogP contribution in [0.4, 0.5) is 34.1 Å². The second-order valence-corrected chi connectivity index (χ2v) is 16.9. The lowest BCUT2D eigenvalue weighted by Crippen LogP contribution is -2.11. The van der Waals surface area contributed by atoms with Crippen LogP contribution in [0.5, 0.6) is 0 Å². The number of rotatable bonds is 10. The van der Waals surface area contributed by atoms with Gasteiger partial charge in [-0.2, -0.15) is 0 Å². The molecule has 0 amide bonds. The summed E-state index contributed by atoms with van der Waals surface area (Å²) in [6.45, 7) is 0. The second kappa shape index (κ2) is 17.2. The summed E-state index contributed by atoms with van der Waals surface area (Å²) in [5.74, 6) is 0. The summed E-state index contributed by atoms with van der Waals surface area (Å²) in [5.41, 5.74) is 17.7. The van der Waals surface area contributed by atoms with Crippen LogP contribution in [0.25, 0.3) is 77.2 Å². The molecule has 1 aromatic heterocycles. The van der Waals surface area contributed by atoms with Crippen LogP contribution in [0.2, 0.25) is 0 Å². The molecule has 0 radical (unpaired) electrons. The van der Waals surface area contributed by atoms with Crippen LogP contribution in [0.1, 0.15) is 0 Å². The van der Waals surface area contributed by atoms with Gasteiger partial charge in [-0.25, -0.2) is 0 Å². The van der Waals surface area contributed by atoms with Gasteiger partial charge in [0.2, 0.25) is 0 Å². The number of hydrogen-bond acceptors (Lipinski definition) is 3. The zero-order valence-corrected chi connectivity index (χ0v) is 36.7. The van der Waals surface area contributed by atoms with Crippen molar-refractivity contribution in [2.75, 3.05) is 9.80 Å². The Balaban J connectivity index is 0.840. The highest BCUT2D eigenvalue weighted by Crippen LogP contribution is 2.46. The van der Waals surface area contributed by atoms with E-state index in [4.69, 9.17) is 4.42 Å². The molecule has 3 nitrogen and oxygen atoms in total. The smallest absolute Gasteiger partial charge is 0.137 e. The molecule has 0 bridgehead atoms. The molecule has 1 heterocycles. The fourth-order valence-electron chi connectivity index (χ4n) is 9.55. The number of furan rings is 1. The number of hydrogen-bond donors (Lipinski definition) is 0. The van der Waals surface area contributed by atoms with Crippen molar-refractivity contribution in [3.05, 3.63) is 267 Å². The molecule has 0 atom stereocenters. The standard InChI is InChI=1S/C64H44N2O/c1-4-15-52(16-5-1)64-58-21-11-10-14-51(58)36-43-61(64)66(57-41-42-60-59-22-12-13-23-62(59)67-63(60)44-57)56-39-34-50(35-40-56)48-30-26-46(27-31-48)45-24-28-47(29-25-45)49-32-37-55(38-33-49)65(53-17-6-2-7-18-53)54-19-8-3-9-20-54/h1-44H. The molecular weight excluding hydrogens is 813 g/mol. The Hall–Kier alpha value is -8.92. The average Bonchev–Trinajstić information content (AvgIpc) is 3.78. The molecule has 12 rings (SSSR count). The van der Waals surface area contributed by atoms with Crippen molar-refractivity contribution in [1.29, 1.82) is 0 Å². The van der Waals surface area contributed by atoms with Gasteiger partial charge < -0.3 is 14.2 Å². The van der Waals surface area contributed by atoms with E-state index in [9.17, 15) is 0 Å². The van der Waals surface area contributed by atoms with E-state index in [0.717, 1.165) is 67.2 Å². The molecule has 67 heavy (non-hydrogen) atoms. The first-order chi connectivity index (χ1) is 33.2. The lowest BCUT2D eigenvalue weighted by atomic mass is 9.95. The Morgan fingerprint density at radius 1 is 0.239 bits per heavy atom. The number of para-hydroxylation sites is 3. The van der Waals surface area contributed by atoms with Gasteiger partial charge in [-0.1, -0.05) is 188 Å². The van der Waals surface area contributed by atoms with Gasteiger partial charge in [0.1, 0.15) is 11.2 Å². The average molecular weight is 857 g/mol. The van der Waals surface area contributed by atoms with Gasteiger partial charge in [0.15, 0.2) is 0 Å². The molecule has 0 unspecified atom stereocenters. The predicted octanol–water partition coefficient (Wildman–Crippen LogP) is 18.3. The van der Waals surface area contributed by atoms with E-state index in [1.165, 1.54) is 44.2 Å². The molecule has 12 aromatic rings. The highest BCUT2D eigenvalue weighted by molar-refractivity contribution is 6.08. The molecular formula is C64H44N2O. The van der Waals surface area contributed by atoms with Crippen molar-refractivity contribution in [3.63, 3.8) is 0 Å². The fourth-order valence-corrected chi connectivity index (χ4v) is 9.55. The van der Waals surface area contributed by atoms with E-state index in [2.05, 4.69) is 265 Å². The molecule has 0 aliphatic rings. The third kappa shape index (κ3) is 7.59. The molecule has 0 spiro atoms. The fraction of sp³-hybridized carbons (Fsp3) is 0. The number of fused-ring (bicyclic) bond motifs is 4. The summed E-state index contributed by atoms with van der Waals surface area (Å²) < 4.78 is 6.45. The summed E-state index contributed by atoms with van der Waals surface area (Å²) in [5, 5.41) is 4.63. The van der Waals surface area contributed by atoms with Gasteiger partial charge in [-0.05, 0) is 123 Å². The highest BCUT2D eigenvalue weighted by Gasteiger charge is 2.21. The zero-order chi connectivity index (χ0) is 44.5. The minimum absolute atomic E-state index is 0.862. The Bertz CT molecular complexity index is 3600. The molecule has 0 saturated heterocycles. The van der Waals surface area contributed by atoms with E-state index < -0.39 is 0 Å². The third-order valence-electron chi connectivity index (χ3n) is 12.9. The van der Waals surface area contributed by atoms with Crippen LogP contribution in [0, 0.1) is 0 Å². The first-order valence-corrected chi connectivity index (χ1v) is 22.8. The minimum atomic E-state index is 0.862. The summed E-state index contributed by atoms with van der Waals surface area (Å²) in [6.07, 6.45) is 0. The topological polar surface area (TPSA) is 19.6 Å². The van der Waals surface area contributed by atoms with E-state index in [1.807, 2.05) is 12.1 Å². The van der Waals surface area contributed by atoms with Gasteiger partial charge in [-0.3, -0.25) is 0 Å². The lowest BCUT2D eigenvalue weighted by molar-refractivity contribution is 0.669. The summed E-state index contributed by atoms with van der Waals surface area (Å²) >= 11 is 0. The molecule has 0 aliphatic carbocycles. The lowest BCUT2D eigenvalue weighted by Gasteiger charge is -2.29. The number of nitrogens with zero attached hydrogens (tertiary/aromatic N) is 2. The van der Waals surface area contributed by atoms with Crippen LogP contribution >= 0.6 is 0 Å². The first-order valence-electron chi connectivity index (χ1n) is 22.8. The predicted molar refractivity (Wildman–Crippen MR) is 282 cm³/mol. The van der Waals surface area contributed by atoms with Crippen molar-refractivity contribution in [2.24, 2.45) is 0 Å². The SMILES string of the molecule is c1ccc(-c2c(N(c3ccc(-c4ccc(-c5ccc(-c6ccc(N(c7ccccc7)c7ccccc7)cc6)cc5)cc4)cc3)c3ccc4c(c3)oc3ccccc34)ccc3ccccc23)cc1. The Morgan fingerprint density at radius 2 is 0.642 bits per heavy atom. The van der Waals surface area contributed by atoms with Crippen molar-refractivity contribution < 1.29 is 4.42 Å². The van der Waals surface area contributed by atoms with Crippen LogP contribution in [-0.2, 0) is 0 Å². The van der Waals surface area contributed by atoms with Crippen molar-refractivity contribution >= 4 is 66.8 Å². The molecule has 3 heteroatoms. The van der Waals surface area contributed by atoms with Crippen molar-refractivity contribution in [1.82, 2.24) is 0 Å².